The SMILES string of the molecule is CCC(C)[C@@H]([C@@H](CC(=O)N1C[C@H](OC)C[C@@]1(C)[C@H](OC)[C@@H](C)C(=O)NC/C(=N/O)c1ccc(OC)cc1F)OC)N(C)C(=O)[C@@H](NC(=O)[C@@H](NC)C(C)C)C(C)C. The van der Waals surface area contributed by atoms with Crippen molar-refractivity contribution >= 4 is 29.3 Å². The standard InChI is InChI=1S/C41H69FN6O9/c1-15-25(6)36(47(10)40(52)35(24(4)5)45-39(51)34(43-9)23(2)3)32(56-13)19-33(49)48-22-28(55-12)20-41(48,8)37(57-14)26(7)38(50)44-21-31(46-53)29-17-16-27(54-11)18-30(29)42/h16-18,23-26,28,32,34-37,43,53H,15,19-22H2,1-14H3,(H,44,50)(H,45,51)/b46-31-/t25?,26-,28-,32-,34+,35+,36+,37-,41+/m1/s1. The molecule has 0 radical (unpaired) electrons. The van der Waals surface area contributed by atoms with Crippen molar-refractivity contribution in [1.29, 1.82) is 0 Å². The number of likely N-dealkylation sites (N-methyl/N-ethyl adjacent to an activating group) is 2. The number of carbonyl (C=O) groups excluding carboxylic acids is 4. The summed E-state index contributed by atoms with van der Waals surface area (Å²) in [7, 11) is 9.35. The van der Waals surface area contributed by atoms with Gasteiger partial charge in [0, 0.05) is 53.0 Å². The van der Waals surface area contributed by atoms with E-state index in [9.17, 15) is 28.8 Å². The largest absolute Gasteiger partial charge is 0.497 e. The van der Waals surface area contributed by atoms with Crippen LogP contribution in [0.4, 0.5) is 4.39 Å². The molecule has 15 nitrogen and oxygen atoms in total. The Bertz CT molecular complexity index is 1530. The van der Waals surface area contributed by atoms with Gasteiger partial charge >= 0.3 is 0 Å². The molecule has 57 heavy (non-hydrogen) atoms. The molecule has 1 unspecified atom stereocenters. The summed E-state index contributed by atoms with van der Waals surface area (Å²) in [6, 6.07) is 2.23. The summed E-state index contributed by atoms with van der Waals surface area (Å²) in [5.74, 6) is -2.85. The predicted molar refractivity (Wildman–Crippen MR) is 216 cm³/mol. The number of ether oxygens (including phenoxy) is 4. The fourth-order valence-electron chi connectivity index (χ4n) is 8.12. The molecule has 1 aliphatic rings. The molecule has 4 amide bonds. The normalized spacial score (nSPS) is 21.0. The fraction of sp³-hybridized carbons (Fsp3) is 0.732. The van der Waals surface area contributed by atoms with Crippen molar-refractivity contribution in [1.82, 2.24) is 25.8 Å². The van der Waals surface area contributed by atoms with E-state index in [1.807, 2.05) is 48.5 Å². The van der Waals surface area contributed by atoms with E-state index in [2.05, 4.69) is 21.1 Å². The molecular weight excluding hydrogens is 739 g/mol. The molecule has 9 atom stereocenters. The highest BCUT2D eigenvalue weighted by Gasteiger charge is 2.53. The summed E-state index contributed by atoms with van der Waals surface area (Å²) in [6.45, 7) is 15.1. The second kappa shape index (κ2) is 22.3. The third kappa shape index (κ3) is 11.9. The van der Waals surface area contributed by atoms with E-state index in [-0.39, 0.29) is 78.1 Å². The predicted octanol–water partition coefficient (Wildman–Crippen LogP) is 3.45. The first kappa shape index (κ1) is 49.3. The van der Waals surface area contributed by atoms with Gasteiger partial charge in [0.25, 0.3) is 0 Å². The van der Waals surface area contributed by atoms with Crippen LogP contribution < -0.4 is 20.7 Å². The lowest BCUT2D eigenvalue weighted by Crippen LogP contribution is -2.60. The lowest BCUT2D eigenvalue weighted by molar-refractivity contribution is -0.152. The Morgan fingerprint density at radius 1 is 1.02 bits per heavy atom. The van der Waals surface area contributed by atoms with Gasteiger partial charge < -0.3 is 49.9 Å². The Balaban J connectivity index is 2.38. The lowest BCUT2D eigenvalue weighted by atomic mass is 9.82. The zero-order chi connectivity index (χ0) is 43.4. The number of hydrogen-bond acceptors (Lipinski definition) is 11. The Kier molecular flexibility index (Phi) is 19.3. The van der Waals surface area contributed by atoms with Crippen LogP contribution in [0, 0.1) is 29.5 Å². The molecule has 1 saturated heterocycles. The summed E-state index contributed by atoms with van der Waals surface area (Å²) < 4.78 is 37.6. The van der Waals surface area contributed by atoms with Crippen LogP contribution in [0.2, 0.25) is 0 Å². The maximum absolute atomic E-state index is 14.8. The van der Waals surface area contributed by atoms with Crippen molar-refractivity contribution in [2.45, 2.75) is 117 Å². The molecule has 4 N–H and O–H groups in total. The summed E-state index contributed by atoms with van der Waals surface area (Å²) in [6.07, 6.45) is -0.972. The van der Waals surface area contributed by atoms with Gasteiger partial charge in [-0.3, -0.25) is 19.2 Å². The third-order valence-electron chi connectivity index (χ3n) is 11.6. The number of amides is 4. The number of nitrogens with one attached hydrogen (secondary N) is 3. The van der Waals surface area contributed by atoms with Crippen LogP contribution in [0.1, 0.15) is 80.2 Å². The Labute approximate surface area is 338 Å². The van der Waals surface area contributed by atoms with E-state index >= 15 is 0 Å². The van der Waals surface area contributed by atoms with Crippen molar-refractivity contribution in [3.05, 3.63) is 29.6 Å². The highest BCUT2D eigenvalue weighted by Crippen LogP contribution is 2.39. The van der Waals surface area contributed by atoms with Gasteiger partial charge in [-0.05, 0) is 43.9 Å². The molecule has 1 heterocycles. The van der Waals surface area contributed by atoms with E-state index in [1.165, 1.54) is 33.5 Å². The zero-order valence-electron chi connectivity index (χ0n) is 36.5. The number of likely N-dealkylation sites (tertiary alicyclic amines) is 1. The maximum atomic E-state index is 14.8. The summed E-state index contributed by atoms with van der Waals surface area (Å²) in [5.41, 5.74) is -1.14. The van der Waals surface area contributed by atoms with E-state index in [0.29, 0.717) is 12.8 Å². The van der Waals surface area contributed by atoms with Gasteiger partial charge in [-0.15, -0.1) is 0 Å². The number of carbonyl (C=O) groups is 4. The molecule has 0 bridgehead atoms. The van der Waals surface area contributed by atoms with Crippen molar-refractivity contribution < 1.29 is 47.7 Å². The van der Waals surface area contributed by atoms with Crippen molar-refractivity contribution in [2.75, 3.05) is 55.6 Å². The van der Waals surface area contributed by atoms with Crippen molar-refractivity contribution in [3.63, 3.8) is 0 Å². The van der Waals surface area contributed by atoms with Crippen LogP contribution in [0.15, 0.2) is 23.4 Å². The number of halogens is 1. The Morgan fingerprint density at radius 3 is 2.12 bits per heavy atom. The van der Waals surface area contributed by atoms with Crippen LogP contribution in [0.25, 0.3) is 0 Å². The maximum Gasteiger partial charge on any atom is 0.245 e. The number of benzene rings is 1. The first-order valence-electron chi connectivity index (χ1n) is 19.8. The summed E-state index contributed by atoms with van der Waals surface area (Å²) >= 11 is 0. The van der Waals surface area contributed by atoms with E-state index in [4.69, 9.17) is 18.9 Å². The average Bonchev–Trinajstić information content (AvgIpc) is 3.53. The van der Waals surface area contributed by atoms with Crippen LogP contribution in [0.3, 0.4) is 0 Å². The number of nitrogens with zero attached hydrogens (tertiary/aromatic N) is 3. The number of rotatable bonds is 22. The molecule has 1 aromatic carbocycles. The number of oxime groups is 1. The molecule has 1 aliphatic heterocycles. The second-order valence-corrected chi connectivity index (χ2v) is 16.0. The molecule has 324 valence electrons. The highest BCUT2D eigenvalue weighted by molar-refractivity contribution is 6.03. The van der Waals surface area contributed by atoms with Crippen molar-refractivity contribution in [2.24, 2.45) is 28.8 Å². The minimum Gasteiger partial charge on any atom is -0.497 e. The molecular formula is C41H69FN6O9. The smallest absolute Gasteiger partial charge is 0.245 e. The van der Waals surface area contributed by atoms with Gasteiger partial charge in [0.1, 0.15) is 23.3 Å². The molecule has 16 heteroatoms. The van der Waals surface area contributed by atoms with Crippen LogP contribution in [0.5, 0.6) is 5.75 Å². The summed E-state index contributed by atoms with van der Waals surface area (Å²) in [4.78, 5) is 59.0. The van der Waals surface area contributed by atoms with Crippen LogP contribution >= 0.6 is 0 Å². The molecule has 0 saturated carbocycles. The minimum atomic E-state index is -1.03. The molecule has 2 rings (SSSR count). The molecule has 0 aromatic heterocycles. The van der Waals surface area contributed by atoms with Crippen LogP contribution in [-0.4, -0.2) is 142 Å². The second-order valence-electron chi connectivity index (χ2n) is 16.0. The topological polar surface area (TPSA) is 180 Å². The van der Waals surface area contributed by atoms with E-state index < -0.39 is 53.5 Å². The van der Waals surface area contributed by atoms with Gasteiger partial charge in [-0.25, -0.2) is 4.39 Å². The first-order valence-corrected chi connectivity index (χ1v) is 19.8. The van der Waals surface area contributed by atoms with Gasteiger partial charge in [0.15, 0.2) is 0 Å². The lowest BCUT2D eigenvalue weighted by Gasteiger charge is -2.44. The molecule has 0 spiro atoms. The van der Waals surface area contributed by atoms with Crippen LogP contribution in [-0.2, 0) is 33.4 Å². The fourth-order valence-corrected chi connectivity index (χ4v) is 8.12. The molecule has 1 fully saturated rings. The summed E-state index contributed by atoms with van der Waals surface area (Å²) in [5, 5.41) is 21.6. The van der Waals surface area contributed by atoms with Gasteiger partial charge in [-0.1, -0.05) is 60.0 Å². The molecule has 1 aromatic rings. The van der Waals surface area contributed by atoms with Gasteiger partial charge in [0.2, 0.25) is 23.6 Å². The Morgan fingerprint density at radius 2 is 1.65 bits per heavy atom. The third-order valence-corrected chi connectivity index (χ3v) is 11.6. The van der Waals surface area contributed by atoms with Gasteiger partial charge in [-0.2, -0.15) is 0 Å². The minimum absolute atomic E-state index is 0.000985. The quantitative estimate of drug-likeness (QED) is 0.0771. The number of methoxy groups -OCH3 is 4. The zero-order valence-corrected chi connectivity index (χ0v) is 36.5. The van der Waals surface area contributed by atoms with E-state index in [1.54, 1.807) is 37.9 Å². The monoisotopic (exact) mass is 809 g/mol. The number of hydrogen-bond donors (Lipinski definition) is 4. The molecule has 0 aliphatic carbocycles. The van der Waals surface area contributed by atoms with E-state index in [0.717, 1.165) is 6.07 Å². The Hall–Kier alpha value is -3.86. The van der Waals surface area contributed by atoms with Crippen molar-refractivity contribution in [3.8, 4) is 5.75 Å². The first-order chi connectivity index (χ1) is 26.8. The van der Waals surface area contributed by atoms with Gasteiger partial charge in [0.05, 0.1) is 61.9 Å². The highest BCUT2D eigenvalue weighted by atomic mass is 19.1. The average molecular weight is 809 g/mol.